The molecular formula is C30H42BClF3N4NaO7S. The van der Waals surface area contributed by atoms with E-state index in [9.17, 15) is 18.0 Å². The van der Waals surface area contributed by atoms with E-state index >= 15 is 13.2 Å². The summed E-state index contributed by atoms with van der Waals surface area (Å²) in [5.41, 5.74) is -1.57. The molecule has 0 spiro atoms. The van der Waals surface area contributed by atoms with Gasteiger partial charge in [-0.1, -0.05) is 32.1 Å². The maximum Gasteiger partial charge on any atom is 1.00 e. The molecule has 0 unspecified atom stereocenters. The number of likely N-dealkylation sites (tertiary alicyclic amines) is 1. The second-order valence-corrected chi connectivity index (χ2v) is 15.7. The van der Waals surface area contributed by atoms with Crippen LogP contribution in [0.1, 0.15) is 65.6 Å². The number of amides is 2. The summed E-state index contributed by atoms with van der Waals surface area (Å²) >= 11 is 6.25. The van der Waals surface area contributed by atoms with Crippen LogP contribution < -0.4 is 44.3 Å². The van der Waals surface area contributed by atoms with E-state index in [-0.39, 0.29) is 66.7 Å². The third-order valence-corrected chi connectivity index (χ3v) is 9.09. The number of carbonyl (C=O) groups excluding carboxylic acids is 2. The van der Waals surface area contributed by atoms with Gasteiger partial charge in [0.1, 0.15) is 22.3 Å². The average molecular weight is 729 g/mol. The first-order valence-electron chi connectivity index (χ1n) is 14.6. The molecule has 2 fully saturated rings. The van der Waals surface area contributed by atoms with Gasteiger partial charge in [0.15, 0.2) is 11.6 Å². The van der Waals surface area contributed by atoms with Crippen molar-refractivity contribution < 1.29 is 74.9 Å². The first-order chi connectivity index (χ1) is 21.1. The zero-order valence-electron chi connectivity index (χ0n) is 27.3. The summed E-state index contributed by atoms with van der Waals surface area (Å²) in [5.74, 6) is -5.19. The Balaban J connectivity index is 0.00000400. The van der Waals surface area contributed by atoms with Crippen LogP contribution in [0.3, 0.4) is 0 Å². The molecule has 18 heteroatoms. The van der Waals surface area contributed by atoms with Crippen LogP contribution in [0.5, 0.6) is 11.6 Å². The van der Waals surface area contributed by atoms with Crippen LogP contribution in [-0.2, 0) is 32.5 Å². The van der Waals surface area contributed by atoms with Crippen LogP contribution >= 0.6 is 11.6 Å². The van der Waals surface area contributed by atoms with Gasteiger partial charge in [-0.15, -0.1) is 0 Å². The van der Waals surface area contributed by atoms with Crippen molar-refractivity contribution in [3.63, 3.8) is 0 Å². The zero-order valence-corrected chi connectivity index (χ0v) is 30.9. The number of halogens is 4. The number of alkyl halides is 2. The van der Waals surface area contributed by atoms with Crippen molar-refractivity contribution in [3.05, 3.63) is 52.4 Å². The predicted molar refractivity (Wildman–Crippen MR) is 174 cm³/mol. The Labute approximate surface area is 307 Å². The fourth-order valence-electron chi connectivity index (χ4n) is 4.70. The number of carbonyl (C=O) groups is 2. The maximum atomic E-state index is 15.9. The molecule has 1 aliphatic carbocycles. The molecule has 2 aliphatic rings. The molecule has 2 N–H and O–H groups in total. The fraction of sp³-hybridized carbons (Fsp3) is 0.567. The number of pyridine rings is 1. The van der Waals surface area contributed by atoms with Crippen LogP contribution in [0, 0.1) is 5.82 Å². The first-order valence-corrected chi connectivity index (χ1v) is 16.5. The number of nitrogens with one attached hydrogen (secondary N) is 2. The van der Waals surface area contributed by atoms with Crippen LogP contribution in [0.15, 0.2) is 30.3 Å². The third-order valence-electron chi connectivity index (χ3n) is 6.87. The van der Waals surface area contributed by atoms with Gasteiger partial charge in [0.25, 0.3) is 5.92 Å². The molecule has 1 saturated carbocycles. The van der Waals surface area contributed by atoms with E-state index in [1.807, 2.05) is 0 Å². The first kappa shape index (κ1) is 41.9. The minimum atomic E-state index is -4.12. The molecule has 0 bridgehead atoms. The molecule has 2 atom stereocenters. The van der Waals surface area contributed by atoms with Crippen molar-refractivity contribution >= 4 is 42.2 Å². The van der Waals surface area contributed by atoms with E-state index in [0.717, 1.165) is 4.90 Å². The molecule has 2 amide bonds. The molecule has 4 rings (SSSR count). The Bertz CT molecular complexity index is 1590. The topological polar surface area (TPSA) is 136 Å². The molecule has 262 valence electrons. The largest absolute Gasteiger partial charge is 1.00 e. The maximum absolute atomic E-state index is 15.9. The van der Waals surface area contributed by atoms with Gasteiger partial charge in [0, 0.05) is 0 Å². The van der Waals surface area contributed by atoms with Gasteiger partial charge in [-0.25, -0.2) is 40.9 Å². The summed E-state index contributed by atoms with van der Waals surface area (Å²) < 4.78 is 90.5. The number of hydrogen-bond acceptors (Lipinski definition) is 8. The van der Waals surface area contributed by atoms with E-state index < -0.39 is 75.5 Å². The Hall–Kier alpha value is -2.24. The molecule has 1 saturated heterocycles. The van der Waals surface area contributed by atoms with Crippen molar-refractivity contribution in [1.82, 2.24) is 19.9 Å². The third kappa shape index (κ3) is 11.1. The number of nitrogens with zero attached hydrogens (tertiary/aromatic N) is 2. The molecule has 11 nitrogen and oxygen atoms in total. The van der Waals surface area contributed by atoms with Crippen molar-refractivity contribution in [2.75, 3.05) is 6.54 Å². The van der Waals surface area contributed by atoms with Crippen LogP contribution in [0.4, 0.5) is 22.8 Å². The molecular weight excluding hydrogens is 687 g/mol. The monoisotopic (exact) mass is 728 g/mol. The smallest absolute Gasteiger partial charge is 0.444 e. The Morgan fingerprint density at radius 3 is 2.27 bits per heavy atom. The number of rotatable bonds is 9. The van der Waals surface area contributed by atoms with Crippen molar-refractivity contribution in [2.24, 2.45) is 0 Å². The number of sulfonamides is 1. The second-order valence-electron chi connectivity index (χ2n) is 13.3. The van der Waals surface area contributed by atoms with E-state index in [4.69, 9.17) is 25.8 Å². The summed E-state index contributed by atoms with van der Waals surface area (Å²) in [6.45, 7) is 8.62. The molecule has 1 aliphatic heterocycles. The number of alkyl carbamates (subject to hydrolysis) is 1. The molecule has 0 radical (unpaired) electrons. The Morgan fingerprint density at radius 1 is 1.06 bits per heavy atom. The van der Waals surface area contributed by atoms with Gasteiger partial charge in [-0.2, -0.15) is 0 Å². The summed E-state index contributed by atoms with van der Waals surface area (Å²) in [6.07, 6.45) is -1.61. The normalized spacial score (nSPS) is 19.1. The van der Waals surface area contributed by atoms with E-state index in [0.29, 0.717) is 18.5 Å². The van der Waals surface area contributed by atoms with Crippen molar-refractivity contribution in [2.45, 2.75) is 102 Å². The molecule has 2 aromatic rings. The Kier molecular flexibility index (Phi) is 13.8. The number of hydrogen-bond donors (Lipinski definition) is 2. The van der Waals surface area contributed by atoms with Crippen molar-refractivity contribution in [1.29, 1.82) is 0 Å². The average Bonchev–Trinajstić information content (AvgIpc) is 3.73. The molecule has 1 aromatic carbocycles. The zero-order chi connectivity index (χ0) is 34.2. The SMILES string of the molecule is CC(C)(C)OC(=O)NCc1ccc(Cl)c(Oc2cccc(C[C@H]3[C@@H](NS(=O)(=O)C4CC4)C(F)(F)CN3C(=O)OC(C)(C)C)c2F)n1.[BH4-].[Na+]. The summed E-state index contributed by atoms with van der Waals surface area (Å²) in [6, 6.07) is 3.40. The summed E-state index contributed by atoms with van der Waals surface area (Å²) in [4.78, 5) is 30.0. The number of ether oxygens (including phenoxy) is 3. The molecule has 2 heterocycles. The number of benzene rings is 1. The number of aromatic nitrogens is 1. The minimum Gasteiger partial charge on any atom is -0.444 e. The second kappa shape index (κ2) is 15.8. The standard InChI is InChI=1S/C30H38ClF3N4O7S.BH4.Na/c1-28(2,3)44-26(39)35-15-18-10-13-20(31)25(36-18)43-22-9-7-8-17(23(22)32)14-21-24(37-46(41,42)19-11-12-19)30(33,34)16-38(21)27(40)45-29(4,5)6;;/h7-10,13,19,21,24,37H,11-12,14-16H2,1-6H3,(H,35,39);1H4;/q;-1;+1/t21-,24+;;/m0../s1. The van der Waals surface area contributed by atoms with Gasteiger partial charge in [0.2, 0.25) is 15.9 Å². The van der Waals surface area contributed by atoms with E-state index in [1.165, 1.54) is 30.3 Å². The molecule has 48 heavy (non-hydrogen) atoms. The van der Waals surface area contributed by atoms with Crippen LogP contribution in [0.25, 0.3) is 0 Å². The molecule has 1 aromatic heterocycles. The van der Waals surface area contributed by atoms with E-state index in [1.54, 1.807) is 41.5 Å². The Morgan fingerprint density at radius 2 is 1.69 bits per heavy atom. The van der Waals surface area contributed by atoms with Crippen molar-refractivity contribution in [3.8, 4) is 11.6 Å². The quantitative estimate of drug-likeness (QED) is 0.371. The minimum absolute atomic E-state index is 0. The van der Waals surface area contributed by atoms with Crippen LogP contribution in [-0.4, -0.2) is 79.9 Å². The predicted octanol–water partition coefficient (Wildman–Crippen LogP) is 1.49. The van der Waals surface area contributed by atoms with Gasteiger partial charge in [-0.05, 0) is 84.6 Å². The summed E-state index contributed by atoms with van der Waals surface area (Å²) in [5, 5.41) is 1.76. The van der Waals surface area contributed by atoms with E-state index in [2.05, 4.69) is 15.0 Å². The summed E-state index contributed by atoms with van der Waals surface area (Å²) in [7, 11) is -4.12. The van der Waals surface area contributed by atoms with Gasteiger partial charge < -0.3 is 19.5 Å². The fourth-order valence-corrected chi connectivity index (χ4v) is 6.48. The van der Waals surface area contributed by atoms with Gasteiger partial charge in [0.05, 0.1) is 30.1 Å². The van der Waals surface area contributed by atoms with Gasteiger partial charge in [-0.3, -0.25) is 4.90 Å². The van der Waals surface area contributed by atoms with Crippen LogP contribution in [0.2, 0.25) is 5.02 Å². The van der Waals surface area contributed by atoms with Gasteiger partial charge >= 0.3 is 41.7 Å².